The third-order valence-corrected chi connectivity index (χ3v) is 7.84. The average Bonchev–Trinajstić information content (AvgIpc) is 3.35. The van der Waals surface area contributed by atoms with E-state index in [-0.39, 0.29) is 21.7 Å². The highest BCUT2D eigenvalue weighted by Crippen LogP contribution is 2.41. The summed E-state index contributed by atoms with van der Waals surface area (Å²) >= 11 is 1.94. The van der Waals surface area contributed by atoms with E-state index in [1.165, 1.54) is 19.5 Å². The zero-order valence-corrected chi connectivity index (χ0v) is 18.2. The van der Waals surface area contributed by atoms with Gasteiger partial charge in [0.2, 0.25) is 0 Å². The largest absolute Gasteiger partial charge is 0.504 e. The number of hydrogen-bond acceptors (Lipinski definition) is 10. The fourth-order valence-corrected chi connectivity index (χ4v) is 5.30. The van der Waals surface area contributed by atoms with Crippen molar-refractivity contribution < 1.29 is 17.9 Å². The molecule has 3 heterocycles. The summed E-state index contributed by atoms with van der Waals surface area (Å²) in [6, 6.07) is 1.86. The van der Waals surface area contributed by atoms with Gasteiger partial charge in [0.05, 0.1) is 29.7 Å². The summed E-state index contributed by atoms with van der Waals surface area (Å²) in [5, 5.41) is 18.1. The topological polar surface area (TPSA) is 121 Å². The monoisotopic (exact) mass is 443 g/mol. The molecule has 0 saturated carbocycles. The summed E-state index contributed by atoms with van der Waals surface area (Å²) in [5.41, 5.74) is 1.28. The molecule has 0 aliphatic heterocycles. The minimum absolute atomic E-state index is 0.0982. The van der Waals surface area contributed by atoms with E-state index in [0.717, 1.165) is 45.1 Å². The minimum Gasteiger partial charge on any atom is -0.504 e. The summed E-state index contributed by atoms with van der Waals surface area (Å²) < 4.78 is 39.5. The molecule has 0 radical (unpaired) electrons. The molecule has 0 fully saturated rings. The second-order valence-corrected chi connectivity index (χ2v) is 10.0. The lowest BCUT2D eigenvalue weighted by molar-refractivity contribution is 0.460. The third-order valence-electron chi connectivity index (χ3n) is 4.00. The first-order chi connectivity index (χ1) is 13.2. The van der Waals surface area contributed by atoms with Crippen LogP contribution in [0.4, 0.5) is 17.3 Å². The van der Waals surface area contributed by atoms with Gasteiger partial charge in [0.1, 0.15) is 5.76 Å². The zero-order chi connectivity index (χ0) is 20.5. The summed E-state index contributed by atoms with van der Waals surface area (Å²) in [7, 11) is -0.908. The van der Waals surface area contributed by atoms with Crippen LogP contribution in [0.3, 0.4) is 0 Å². The van der Waals surface area contributed by atoms with E-state index in [0.29, 0.717) is 11.6 Å². The van der Waals surface area contributed by atoms with Gasteiger partial charge in [-0.15, -0.1) is 11.3 Å². The van der Waals surface area contributed by atoms with Crippen LogP contribution in [0, 0.1) is 6.92 Å². The first-order valence-corrected chi connectivity index (χ1v) is 11.4. The Labute approximate surface area is 171 Å². The van der Waals surface area contributed by atoms with Crippen LogP contribution in [-0.2, 0) is 10.0 Å². The molecule has 0 aliphatic rings. The molecule has 0 unspecified atom stereocenters. The molecular weight excluding hydrogens is 422 g/mol. The zero-order valence-electron chi connectivity index (χ0n) is 15.8. The van der Waals surface area contributed by atoms with Gasteiger partial charge in [-0.05, 0) is 25.0 Å². The summed E-state index contributed by atoms with van der Waals surface area (Å²) in [6.07, 6.45) is 2.45. The Balaban J connectivity index is 1.83. The normalized spacial score (nSPS) is 13.0. The van der Waals surface area contributed by atoms with Crippen LogP contribution >= 0.6 is 23.1 Å². The van der Waals surface area contributed by atoms with E-state index in [1.54, 1.807) is 6.26 Å². The van der Waals surface area contributed by atoms with E-state index in [4.69, 9.17) is 4.42 Å². The van der Waals surface area contributed by atoms with Crippen LogP contribution in [0.15, 0.2) is 26.3 Å². The number of rotatable bonds is 8. The smallest absolute Gasteiger partial charge is 0.255 e. The van der Waals surface area contributed by atoms with Crippen molar-refractivity contribution in [1.29, 1.82) is 0 Å². The number of anilines is 3. The summed E-state index contributed by atoms with van der Waals surface area (Å²) in [5.74, 6) is 1.34. The third kappa shape index (κ3) is 3.99. The molecular formula is C16H21N5O4S3. The molecule has 0 aliphatic carbocycles. The lowest BCUT2D eigenvalue weighted by atomic mass is 10.1. The second kappa shape index (κ2) is 8.07. The molecule has 0 saturated heterocycles. The predicted octanol–water partition coefficient (Wildman–Crippen LogP) is 3.76. The highest BCUT2D eigenvalue weighted by Gasteiger charge is 2.27. The molecule has 0 amide bonds. The molecule has 28 heavy (non-hydrogen) atoms. The van der Waals surface area contributed by atoms with Crippen LogP contribution in [0.1, 0.15) is 30.7 Å². The molecule has 12 heteroatoms. The Hall–Kier alpha value is -2.15. The first-order valence-electron chi connectivity index (χ1n) is 8.38. The summed E-state index contributed by atoms with van der Waals surface area (Å²) in [4.78, 5) is 0. The van der Waals surface area contributed by atoms with E-state index in [9.17, 15) is 13.5 Å². The van der Waals surface area contributed by atoms with Gasteiger partial charge in [-0.3, -0.25) is 0 Å². The number of thiophene rings is 1. The number of hydrogen-bond donors (Lipinski definition) is 3. The lowest BCUT2D eigenvalue weighted by Gasteiger charge is -2.15. The van der Waals surface area contributed by atoms with Crippen LogP contribution in [-0.4, -0.2) is 40.7 Å². The van der Waals surface area contributed by atoms with Crippen molar-refractivity contribution in [3.8, 4) is 5.75 Å². The SMILES string of the molecule is CC[C@@H](Nc1nsnc1Nc1csc(S(=O)(=O)N(C)C)c1O)c1cc(C)co1. The van der Waals surface area contributed by atoms with Gasteiger partial charge in [0.15, 0.2) is 21.6 Å². The number of nitrogens with zero attached hydrogens (tertiary/aromatic N) is 3. The minimum atomic E-state index is -3.73. The van der Waals surface area contributed by atoms with Gasteiger partial charge in [-0.1, -0.05) is 6.92 Å². The number of aromatic nitrogens is 2. The van der Waals surface area contributed by atoms with Gasteiger partial charge in [-0.2, -0.15) is 8.75 Å². The van der Waals surface area contributed by atoms with Crippen molar-refractivity contribution in [3.63, 3.8) is 0 Å². The van der Waals surface area contributed by atoms with Crippen molar-refractivity contribution in [2.75, 3.05) is 24.7 Å². The number of sulfonamides is 1. The van der Waals surface area contributed by atoms with Gasteiger partial charge in [0, 0.05) is 19.5 Å². The quantitative estimate of drug-likeness (QED) is 0.481. The van der Waals surface area contributed by atoms with Crippen molar-refractivity contribution in [2.45, 2.75) is 30.5 Å². The maximum atomic E-state index is 12.3. The molecule has 3 aromatic rings. The molecule has 0 spiro atoms. The van der Waals surface area contributed by atoms with E-state index < -0.39 is 10.0 Å². The highest BCUT2D eigenvalue weighted by molar-refractivity contribution is 7.91. The maximum Gasteiger partial charge on any atom is 0.255 e. The Morgan fingerprint density at radius 2 is 2.04 bits per heavy atom. The standard InChI is InChI=1S/C16H21N5O4S3/c1-5-10(12-6-9(2)7-25-12)17-14-15(20-27-19-14)18-11-8-26-16(13(11)22)28(23,24)21(3)4/h6-8,10,22H,5H2,1-4H3,(H,17,19)(H,18,20)/t10-/m1/s1. The number of aromatic hydroxyl groups is 1. The maximum absolute atomic E-state index is 12.3. The van der Waals surface area contributed by atoms with Crippen molar-refractivity contribution in [1.82, 2.24) is 13.1 Å². The fraction of sp³-hybridized carbons (Fsp3) is 0.375. The average molecular weight is 444 g/mol. The van der Waals surface area contributed by atoms with Gasteiger partial charge < -0.3 is 20.2 Å². The van der Waals surface area contributed by atoms with Crippen molar-refractivity contribution in [2.24, 2.45) is 0 Å². The Morgan fingerprint density at radius 1 is 1.32 bits per heavy atom. The molecule has 0 bridgehead atoms. The summed E-state index contributed by atoms with van der Waals surface area (Å²) in [6.45, 7) is 3.97. The fourth-order valence-electron chi connectivity index (χ4n) is 2.44. The first kappa shape index (κ1) is 20.6. The van der Waals surface area contributed by atoms with Crippen molar-refractivity contribution >= 4 is 50.4 Å². The van der Waals surface area contributed by atoms with Gasteiger partial charge in [0.25, 0.3) is 10.0 Å². The molecule has 3 rings (SSSR count). The van der Waals surface area contributed by atoms with Crippen LogP contribution in [0.25, 0.3) is 0 Å². The molecule has 152 valence electrons. The Kier molecular flexibility index (Phi) is 5.93. The number of nitrogens with one attached hydrogen (secondary N) is 2. The molecule has 1 atom stereocenters. The Bertz CT molecular complexity index is 1050. The lowest BCUT2D eigenvalue weighted by Crippen LogP contribution is -2.21. The predicted molar refractivity (Wildman–Crippen MR) is 110 cm³/mol. The van der Waals surface area contributed by atoms with Gasteiger partial charge in [-0.25, -0.2) is 12.7 Å². The Morgan fingerprint density at radius 3 is 2.64 bits per heavy atom. The molecule has 3 aromatic heterocycles. The van der Waals surface area contributed by atoms with Gasteiger partial charge >= 0.3 is 0 Å². The number of aryl methyl sites for hydroxylation is 1. The molecule has 3 N–H and O–H groups in total. The van der Waals surface area contributed by atoms with Crippen molar-refractivity contribution in [3.05, 3.63) is 29.0 Å². The van der Waals surface area contributed by atoms with Crippen LogP contribution in [0.5, 0.6) is 5.75 Å². The molecule has 9 nitrogen and oxygen atoms in total. The van der Waals surface area contributed by atoms with Crippen LogP contribution < -0.4 is 10.6 Å². The van der Waals surface area contributed by atoms with E-state index in [1.807, 2.05) is 19.9 Å². The van der Waals surface area contributed by atoms with E-state index in [2.05, 4.69) is 19.4 Å². The molecule has 0 aromatic carbocycles. The van der Waals surface area contributed by atoms with E-state index >= 15 is 0 Å². The number of furan rings is 1. The van der Waals surface area contributed by atoms with Crippen LogP contribution in [0.2, 0.25) is 0 Å². The highest BCUT2D eigenvalue weighted by atomic mass is 32.2. The second-order valence-electron chi connectivity index (χ2n) is 6.29.